The van der Waals surface area contributed by atoms with Gasteiger partial charge in [0.05, 0.1) is 0 Å². The lowest BCUT2D eigenvalue weighted by atomic mass is 9.99. The van der Waals surface area contributed by atoms with Crippen molar-refractivity contribution in [2.45, 2.75) is 45.1 Å². The standard InChI is InChI=1S/C14H19Cl2N/c1-2-7-17-14-6-4-3-5-11-12(14)8-10(15)9-13(11)16/h8-9,14,17H,2-7H2,1H3. The molecule has 0 spiro atoms. The summed E-state index contributed by atoms with van der Waals surface area (Å²) in [5.41, 5.74) is 2.61. The van der Waals surface area contributed by atoms with Gasteiger partial charge < -0.3 is 5.32 Å². The molecule has 1 N–H and O–H groups in total. The Bertz CT molecular complexity index is 390. The van der Waals surface area contributed by atoms with Crippen LogP contribution in [0.1, 0.15) is 49.8 Å². The van der Waals surface area contributed by atoms with Gasteiger partial charge in [-0.1, -0.05) is 36.5 Å². The lowest BCUT2D eigenvalue weighted by Gasteiger charge is -2.20. The first-order valence-corrected chi connectivity index (χ1v) is 7.19. The molecule has 0 bridgehead atoms. The number of hydrogen-bond acceptors (Lipinski definition) is 1. The van der Waals surface area contributed by atoms with Crippen molar-refractivity contribution in [1.29, 1.82) is 0 Å². The lowest BCUT2D eigenvalue weighted by molar-refractivity contribution is 0.489. The minimum Gasteiger partial charge on any atom is -0.310 e. The molecule has 17 heavy (non-hydrogen) atoms. The zero-order valence-corrected chi connectivity index (χ0v) is 11.7. The van der Waals surface area contributed by atoms with Crippen LogP contribution in [0.4, 0.5) is 0 Å². The molecule has 1 aliphatic rings. The Morgan fingerprint density at radius 3 is 2.88 bits per heavy atom. The number of fused-ring (bicyclic) bond motifs is 1. The normalized spacial score (nSPS) is 19.8. The average Bonchev–Trinajstić information content (AvgIpc) is 2.49. The summed E-state index contributed by atoms with van der Waals surface area (Å²) in [6.45, 7) is 3.24. The van der Waals surface area contributed by atoms with Gasteiger partial charge in [0, 0.05) is 16.1 Å². The molecule has 0 aliphatic heterocycles. The highest BCUT2D eigenvalue weighted by Gasteiger charge is 2.20. The smallest absolute Gasteiger partial charge is 0.0456 e. The Morgan fingerprint density at radius 1 is 1.29 bits per heavy atom. The van der Waals surface area contributed by atoms with Crippen molar-refractivity contribution in [3.05, 3.63) is 33.3 Å². The highest BCUT2D eigenvalue weighted by molar-refractivity contribution is 6.35. The van der Waals surface area contributed by atoms with E-state index in [-0.39, 0.29) is 0 Å². The van der Waals surface area contributed by atoms with Crippen molar-refractivity contribution in [1.82, 2.24) is 5.32 Å². The summed E-state index contributed by atoms with van der Waals surface area (Å²) in [5.74, 6) is 0. The molecule has 2 rings (SSSR count). The van der Waals surface area contributed by atoms with Gasteiger partial charge in [-0.3, -0.25) is 0 Å². The van der Waals surface area contributed by atoms with Gasteiger partial charge in [-0.15, -0.1) is 0 Å². The third kappa shape index (κ3) is 3.15. The van der Waals surface area contributed by atoms with Gasteiger partial charge in [0.2, 0.25) is 0 Å². The van der Waals surface area contributed by atoms with Crippen LogP contribution in [0, 0.1) is 0 Å². The van der Waals surface area contributed by atoms with Crippen LogP contribution in [-0.2, 0) is 6.42 Å². The topological polar surface area (TPSA) is 12.0 Å². The molecule has 1 aliphatic carbocycles. The van der Waals surface area contributed by atoms with Crippen LogP contribution in [0.15, 0.2) is 12.1 Å². The first-order chi connectivity index (χ1) is 8.22. The van der Waals surface area contributed by atoms with E-state index in [2.05, 4.69) is 18.3 Å². The Kier molecular flexibility index (Phi) is 4.72. The van der Waals surface area contributed by atoms with E-state index in [1.807, 2.05) is 6.07 Å². The van der Waals surface area contributed by atoms with Gasteiger partial charge in [0.1, 0.15) is 0 Å². The molecule has 1 aromatic rings. The Balaban J connectivity index is 2.33. The molecule has 0 radical (unpaired) electrons. The number of halogens is 2. The SMILES string of the molecule is CCCNC1CCCCc2c(Cl)cc(Cl)cc21. The second-order valence-corrected chi connectivity index (χ2v) is 5.55. The summed E-state index contributed by atoms with van der Waals surface area (Å²) in [6, 6.07) is 4.37. The molecular formula is C14H19Cl2N. The summed E-state index contributed by atoms with van der Waals surface area (Å²) >= 11 is 12.4. The summed E-state index contributed by atoms with van der Waals surface area (Å²) in [7, 11) is 0. The van der Waals surface area contributed by atoms with Crippen LogP contribution in [-0.4, -0.2) is 6.54 Å². The van der Waals surface area contributed by atoms with Gasteiger partial charge >= 0.3 is 0 Å². The van der Waals surface area contributed by atoms with Gasteiger partial charge in [-0.25, -0.2) is 0 Å². The van der Waals surface area contributed by atoms with E-state index in [4.69, 9.17) is 23.2 Å². The van der Waals surface area contributed by atoms with E-state index >= 15 is 0 Å². The monoisotopic (exact) mass is 271 g/mol. The quantitative estimate of drug-likeness (QED) is 0.782. The van der Waals surface area contributed by atoms with E-state index in [1.165, 1.54) is 30.4 Å². The molecule has 1 unspecified atom stereocenters. The Hall–Kier alpha value is -0.240. The van der Waals surface area contributed by atoms with Gasteiger partial charge in [0.15, 0.2) is 0 Å². The summed E-state index contributed by atoms with van der Waals surface area (Å²) in [6.07, 6.45) is 5.89. The minimum absolute atomic E-state index is 0.420. The van der Waals surface area contributed by atoms with E-state index < -0.39 is 0 Å². The molecule has 0 aromatic heterocycles. The molecule has 1 aromatic carbocycles. The molecule has 3 heteroatoms. The highest BCUT2D eigenvalue weighted by Crippen LogP contribution is 2.35. The zero-order valence-electron chi connectivity index (χ0n) is 10.2. The molecule has 94 valence electrons. The van der Waals surface area contributed by atoms with Crippen molar-refractivity contribution in [2.24, 2.45) is 0 Å². The highest BCUT2D eigenvalue weighted by atomic mass is 35.5. The van der Waals surface area contributed by atoms with Crippen LogP contribution in [0.3, 0.4) is 0 Å². The van der Waals surface area contributed by atoms with Crippen LogP contribution in [0.5, 0.6) is 0 Å². The fourth-order valence-electron chi connectivity index (χ4n) is 2.53. The van der Waals surface area contributed by atoms with Crippen LogP contribution < -0.4 is 5.32 Å². The maximum Gasteiger partial charge on any atom is 0.0456 e. The fraction of sp³-hybridized carbons (Fsp3) is 0.571. The van der Waals surface area contributed by atoms with E-state index in [9.17, 15) is 0 Å². The second kappa shape index (κ2) is 6.08. The third-order valence-electron chi connectivity index (χ3n) is 3.38. The molecule has 1 atom stereocenters. The summed E-state index contributed by atoms with van der Waals surface area (Å²) in [5, 5.41) is 5.18. The minimum atomic E-state index is 0.420. The number of rotatable bonds is 3. The maximum atomic E-state index is 6.31. The molecular weight excluding hydrogens is 253 g/mol. The molecule has 0 amide bonds. The zero-order chi connectivity index (χ0) is 12.3. The fourth-order valence-corrected chi connectivity index (χ4v) is 3.14. The first-order valence-electron chi connectivity index (χ1n) is 6.43. The Labute approximate surface area is 114 Å². The van der Waals surface area contributed by atoms with Crippen molar-refractivity contribution >= 4 is 23.2 Å². The molecule has 0 saturated carbocycles. The predicted octanol–water partition coefficient (Wildman–Crippen LogP) is 4.76. The number of benzene rings is 1. The van der Waals surface area contributed by atoms with Gasteiger partial charge in [-0.2, -0.15) is 0 Å². The Morgan fingerprint density at radius 2 is 2.12 bits per heavy atom. The van der Waals surface area contributed by atoms with Crippen molar-refractivity contribution in [2.75, 3.05) is 6.54 Å². The molecule has 0 fully saturated rings. The van der Waals surface area contributed by atoms with Crippen LogP contribution in [0.25, 0.3) is 0 Å². The summed E-state index contributed by atoms with van der Waals surface area (Å²) in [4.78, 5) is 0. The average molecular weight is 272 g/mol. The molecule has 0 saturated heterocycles. The molecule has 0 heterocycles. The molecule has 1 nitrogen and oxygen atoms in total. The van der Waals surface area contributed by atoms with Gasteiger partial charge in [0.25, 0.3) is 0 Å². The van der Waals surface area contributed by atoms with E-state index in [0.717, 1.165) is 29.4 Å². The van der Waals surface area contributed by atoms with E-state index in [1.54, 1.807) is 0 Å². The van der Waals surface area contributed by atoms with Gasteiger partial charge in [-0.05, 0) is 55.5 Å². The first kappa shape index (κ1) is 13.2. The number of hydrogen-bond donors (Lipinski definition) is 1. The van der Waals surface area contributed by atoms with Crippen LogP contribution >= 0.6 is 23.2 Å². The van der Waals surface area contributed by atoms with Crippen molar-refractivity contribution in [3.8, 4) is 0 Å². The number of nitrogens with one attached hydrogen (secondary N) is 1. The maximum absolute atomic E-state index is 6.31. The van der Waals surface area contributed by atoms with Crippen molar-refractivity contribution < 1.29 is 0 Å². The predicted molar refractivity (Wildman–Crippen MR) is 75.1 cm³/mol. The van der Waals surface area contributed by atoms with Crippen molar-refractivity contribution in [3.63, 3.8) is 0 Å². The third-order valence-corrected chi connectivity index (χ3v) is 3.94. The van der Waals surface area contributed by atoms with Crippen LogP contribution in [0.2, 0.25) is 10.0 Å². The summed E-state index contributed by atoms with van der Waals surface area (Å²) < 4.78 is 0. The van der Waals surface area contributed by atoms with E-state index in [0.29, 0.717) is 6.04 Å². The largest absolute Gasteiger partial charge is 0.310 e. The second-order valence-electron chi connectivity index (χ2n) is 4.71. The lowest BCUT2D eigenvalue weighted by Crippen LogP contribution is -2.22.